The molecule has 2 aromatic heterocycles. The van der Waals surface area contributed by atoms with Gasteiger partial charge < -0.3 is 5.73 Å². The van der Waals surface area contributed by atoms with Gasteiger partial charge in [-0.15, -0.1) is 10.2 Å². The maximum absolute atomic E-state index is 5.55. The van der Waals surface area contributed by atoms with E-state index in [2.05, 4.69) is 22.2 Å². The van der Waals surface area contributed by atoms with E-state index >= 15 is 0 Å². The van der Waals surface area contributed by atoms with Crippen molar-refractivity contribution in [2.75, 3.05) is 6.54 Å². The van der Waals surface area contributed by atoms with Gasteiger partial charge in [-0.1, -0.05) is 18.3 Å². The van der Waals surface area contributed by atoms with Crippen LogP contribution in [-0.4, -0.2) is 26.4 Å². The van der Waals surface area contributed by atoms with E-state index in [0.29, 0.717) is 5.92 Å². The Hall–Kier alpha value is -1.01. The molecular formula is C8H13N5S. The molecule has 2 heterocycles. The zero-order valence-corrected chi connectivity index (χ0v) is 8.87. The molecule has 0 saturated heterocycles. The van der Waals surface area contributed by atoms with E-state index in [4.69, 9.17) is 5.73 Å². The summed E-state index contributed by atoms with van der Waals surface area (Å²) in [6, 6.07) is 0. The van der Waals surface area contributed by atoms with Gasteiger partial charge in [-0.25, -0.2) is 0 Å². The van der Waals surface area contributed by atoms with Crippen LogP contribution in [0.2, 0.25) is 0 Å². The normalized spacial score (nSPS) is 13.6. The quantitative estimate of drug-likeness (QED) is 0.808. The summed E-state index contributed by atoms with van der Waals surface area (Å²) in [7, 11) is 0. The average molecular weight is 211 g/mol. The molecule has 0 aliphatic rings. The molecule has 0 aromatic carbocycles. The fourth-order valence-electron chi connectivity index (χ4n) is 1.19. The van der Waals surface area contributed by atoms with Gasteiger partial charge in [0, 0.05) is 6.42 Å². The Kier molecular flexibility index (Phi) is 2.74. The van der Waals surface area contributed by atoms with Gasteiger partial charge in [-0.05, 0) is 18.9 Å². The van der Waals surface area contributed by atoms with Crippen LogP contribution in [0.15, 0.2) is 6.33 Å². The largest absolute Gasteiger partial charge is 0.330 e. The van der Waals surface area contributed by atoms with Crippen molar-refractivity contribution in [3.63, 3.8) is 0 Å². The summed E-state index contributed by atoms with van der Waals surface area (Å²) in [5.74, 6) is 0.560. The molecule has 76 valence electrons. The third-order valence-corrected chi connectivity index (χ3v) is 3.15. The van der Waals surface area contributed by atoms with Crippen molar-refractivity contribution in [2.24, 2.45) is 11.7 Å². The molecule has 5 nitrogen and oxygen atoms in total. The molecular weight excluding hydrogens is 198 g/mol. The zero-order valence-electron chi connectivity index (χ0n) is 8.05. The molecule has 0 spiro atoms. The Bertz CT molecular complexity index is 378. The topological polar surface area (TPSA) is 69.1 Å². The van der Waals surface area contributed by atoms with Crippen molar-refractivity contribution in [3.05, 3.63) is 11.3 Å². The summed E-state index contributed by atoms with van der Waals surface area (Å²) < 4.78 is 1.72. The predicted octanol–water partition coefficient (Wildman–Crippen LogP) is 0.713. The number of hydrogen-bond acceptors (Lipinski definition) is 5. The Morgan fingerprint density at radius 2 is 2.50 bits per heavy atom. The first kappa shape index (κ1) is 9.54. The second-order valence-electron chi connectivity index (χ2n) is 3.43. The van der Waals surface area contributed by atoms with Gasteiger partial charge in [0.05, 0.1) is 0 Å². The highest BCUT2D eigenvalue weighted by atomic mass is 32.1. The molecule has 0 aliphatic heterocycles. The summed E-state index contributed by atoms with van der Waals surface area (Å²) in [6.07, 6.45) is 3.69. The van der Waals surface area contributed by atoms with Gasteiger partial charge in [-0.3, -0.25) is 0 Å². The molecule has 0 aliphatic carbocycles. The van der Waals surface area contributed by atoms with Crippen molar-refractivity contribution in [3.8, 4) is 0 Å². The summed E-state index contributed by atoms with van der Waals surface area (Å²) in [5.41, 5.74) is 5.55. The average Bonchev–Trinajstić information content (AvgIpc) is 2.73. The lowest BCUT2D eigenvalue weighted by Gasteiger charge is -2.04. The van der Waals surface area contributed by atoms with E-state index in [1.54, 1.807) is 22.2 Å². The van der Waals surface area contributed by atoms with Gasteiger partial charge in [-0.2, -0.15) is 9.61 Å². The minimum atomic E-state index is 0.560. The van der Waals surface area contributed by atoms with E-state index in [0.717, 1.165) is 29.4 Å². The predicted molar refractivity (Wildman–Crippen MR) is 55.2 cm³/mol. The second kappa shape index (κ2) is 4.02. The number of hydrogen-bond donors (Lipinski definition) is 1. The first-order valence-corrected chi connectivity index (χ1v) is 5.47. The van der Waals surface area contributed by atoms with E-state index in [1.165, 1.54) is 0 Å². The van der Waals surface area contributed by atoms with E-state index in [-0.39, 0.29) is 0 Å². The molecule has 14 heavy (non-hydrogen) atoms. The van der Waals surface area contributed by atoms with Crippen LogP contribution in [0.1, 0.15) is 18.4 Å². The third kappa shape index (κ3) is 1.91. The first-order chi connectivity index (χ1) is 6.79. The van der Waals surface area contributed by atoms with Crippen LogP contribution in [0.25, 0.3) is 4.96 Å². The van der Waals surface area contributed by atoms with Crippen molar-refractivity contribution in [1.82, 2.24) is 19.8 Å². The monoisotopic (exact) mass is 211 g/mol. The maximum Gasteiger partial charge on any atom is 0.234 e. The summed E-state index contributed by atoms with van der Waals surface area (Å²) in [4.78, 5) is 0.861. The minimum absolute atomic E-state index is 0.560. The zero-order chi connectivity index (χ0) is 9.97. The van der Waals surface area contributed by atoms with Crippen LogP contribution >= 0.6 is 11.3 Å². The van der Waals surface area contributed by atoms with Gasteiger partial charge in [0.1, 0.15) is 11.3 Å². The Morgan fingerprint density at radius 3 is 3.21 bits per heavy atom. The van der Waals surface area contributed by atoms with Crippen LogP contribution in [0.4, 0.5) is 0 Å². The number of fused-ring (bicyclic) bond motifs is 1. The van der Waals surface area contributed by atoms with E-state index in [1.807, 2.05) is 0 Å². The maximum atomic E-state index is 5.55. The Balaban J connectivity index is 2.01. The highest BCUT2D eigenvalue weighted by Gasteiger charge is 2.06. The molecule has 0 fully saturated rings. The van der Waals surface area contributed by atoms with Crippen LogP contribution in [-0.2, 0) is 6.42 Å². The highest BCUT2D eigenvalue weighted by Crippen LogP contribution is 2.15. The van der Waals surface area contributed by atoms with Crippen LogP contribution in [0.5, 0.6) is 0 Å². The molecule has 2 aromatic rings. The Labute approximate surface area is 86.0 Å². The van der Waals surface area contributed by atoms with Crippen LogP contribution in [0, 0.1) is 5.92 Å². The Morgan fingerprint density at radius 1 is 1.64 bits per heavy atom. The van der Waals surface area contributed by atoms with Crippen molar-refractivity contribution in [1.29, 1.82) is 0 Å². The third-order valence-electron chi connectivity index (χ3n) is 2.18. The lowest BCUT2D eigenvalue weighted by molar-refractivity contribution is 0.542. The summed E-state index contributed by atoms with van der Waals surface area (Å²) in [5, 5.41) is 13.1. The smallest absolute Gasteiger partial charge is 0.234 e. The molecule has 1 atom stereocenters. The van der Waals surface area contributed by atoms with Gasteiger partial charge in [0.2, 0.25) is 4.96 Å². The summed E-state index contributed by atoms with van der Waals surface area (Å²) in [6.45, 7) is 2.89. The number of aromatic nitrogens is 4. The lowest BCUT2D eigenvalue weighted by atomic mass is 10.1. The molecule has 0 amide bonds. The standard InChI is InChI=1S/C8H13N5S/c1-6(4-9)2-3-7-12-13-5-10-11-8(13)14-7/h5-6H,2-4,9H2,1H3. The number of nitrogens with zero attached hydrogens (tertiary/aromatic N) is 4. The van der Waals surface area contributed by atoms with Crippen molar-refractivity contribution in [2.45, 2.75) is 19.8 Å². The highest BCUT2D eigenvalue weighted by molar-refractivity contribution is 7.16. The number of nitrogens with two attached hydrogens (primary N) is 1. The van der Waals surface area contributed by atoms with Gasteiger partial charge in [0.15, 0.2) is 0 Å². The van der Waals surface area contributed by atoms with Crippen molar-refractivity contribution < 1.29 is 0 Å². The number of aryl methyl sites for hydroxylation is 1. The second-order valence-corrected chi connectivity index (χ2v) is 4.47. The van der Waals surface area contributed by atoms with Gasteiger partial charge >= 0.3 is 0 Å². The van der Waals surface area contributed by atoms with Gasteiger partial charge in [0.25, 0.3) is 0 Å². The molecule has 2 rings (SSSR count). The van der Waals surface area contributed by atoms with E-state index in [9.17, 15) is 0 Å². The van der Waals surface area contributed by atoms with E-state index < -0.39 is 0 Å². The van der Waals surface area contributed by atoms with Crippen molar-refractivity contribution >= 4 is 16.3 Å². The SMILES string of the molecule is CC(CN)CCc1nn2cnnc2s1. The number of rotatable bonds is 4. The molecule has 0 bridgehead atoms. The molecule has 0 saturated carbocycles. The minimum Gasteiger partial charge on any atom is -0.330 e. The fourth-order valence-corrected chi connectivity index (χ4v) is 2.02. The first-order valence-electron chi connectivity index (χ1n) is 4.65. The lowest BCUT2D eigenvalue weighted by Crippen LogP contribution is -2.11. The van der Waals surface area contributed by atoms with Crippen LogP contribution in [0.3, 0.4) is 0 Å². The van der Waals surface area contributed by atoms with Crippen LogP contribution < -0.4 is 5.73 Å². The molecule has 2 N–H and O–H groups in total. The summed E-state index contributed by atoms with van der Waals surface area (Å²) >= 11 is 1.59. The molecule has 0 radical (unpaired) electrons. The molecule has 6 heteroatoms. The molecule has 1 unspecified atom stereocenters. The fraction of sp³-hybridized carbons (Fsp3) is 0.625.